The number of rotatable bonds is 4. The molecule has 0 saturated heterocycles. The third kappa shape index (κ3) is 3.35. The van der Waals surface area contributed by atoms with Crippen molar-refractivity contribution in [1.82, 2.24) is 4.98 Å². The van der Waals surface area contributed by atoms with Gasteiger partial charge in [-0.25, -0.2) is 13.4 Å². The fourth-order valence-corrected chi connectivity index (χ4v) is 2.16. The minimum absolute atomic E-state index is 0.215. The van der Waals surface area contributed by atoms with E-state index < -0.39 is 9.84 Å². The number of hydrogen-bond donors (Lipinski definition) is 0. The normalized spacial score (nSPS) is 11.5. The van der Waals surface area contributed by atoms with Crippen molar-refractivity contribution in [2.75, 3.05) is 6.26 Å². The van der Waals surface area contributed by atoms with Gasteiger partial charge in [0.05, 0.1) is 10.6 Å². The van der Waals surface area contributed by atoms with Crippen LogP contribution in [0, 0.1) is 13.8 Å². The van der Waals surface area contributed by atoms with Gasteiger partial charge in [-0.3, -0.25) is 0 Å². The van der Waals surface area contributed by atoms with E-state index in [1.54, 1.807) is 12.1 Å². The lowest BCUT2D eigenvalue weighted by Gasteiger charge is -2.04. The molecule has 102 valence electrons. The largest absolute Gasteiger partial charge is 0.484 e. The van der Waals surface area contributed by atoms with Crippen LogP contribution in [0.5, 0.6) is 5.75 Å². The zero-order chi connectivity index (χ0) is 14.0. The van der Waals surface area contributed by atoms with Gasteiger partial charge in [0.1, 0.15) is 11.5 Å². The van der Waals surface area contributed by atoms with E-state index in [-0.39, 0.29) is 11.5 Å². The lowest BCUT2D eigenvalue weighted by atomic mass is 10.3. The summed E-state index contributed by atoms with van der Waals surface area (Å²) in [6.07, 6.45) is 1.17. The summed E-state index contributed by atoms with van der Waals surface area (Å²) in [4.78, 5) is 4.46. The van der Waals surface area contributed by atoms with Crippen LogP contribution in [0.4, 0.5) is 0 Å². The number of aryl methyl sites for hydroxylation is 2. The number of aromatic nitrogens is 1. The highest BCUT2D eigenvalue weighted by Gasteiger charge is 2.08. The highest BCUT2D eigenvalue weighted by Crippen LogP contribution is 2.17. The second-order valence-electron chi connectivity index (χ2n) is 4.28. The molecule has 1 heterocycles. The Hall–Kier alpha value is -1.82. The quantitative estimate of drug-likeness (QED) is 0.860. The molecule has 1 aromatic carbocycles. The Morgan fingerprint density at radius 1 is 1.21 bits per heavy atom. The van der Waals surface area contributed by atoms with Gasteiger partial charge >= 0.3 is 0 Å². The van der Waals surface area contributed by atoms with Gasteiger partial charge in [-0.05, 0) is 38.1 Å². The van der Waals surface area contributed by atoms with Gasteiger partial charge < -0.3 is 9.15 Å². The summed E-state index contributed by atoms with van der Waals surface area (Å²) in [5, 5.41) is 0. The Bertz CT molecular complexity index is 652. The number of sulfone groups is 1. The first kappa shape index (κ1) is 13.6. The monoisotopic (exact) mass is 281 g/mol. The Morgan fingerprint density at radius 3 is 2.32 bits per heavy atom. The first-order chi connectivity index (χ1) is 8.86. The molecule has 2 rings (SSSR count). The smallest absolute Gasteiger partial charge is 0.232 e. The van der Waals surface area contributed by atoms with Gasteiger partial charge in [-0.15, -0.1) is 0 Å². The summed E-state index contributed by atoms with van der Waals surface area (Å²) in [7, 11) is -3.18. The van der Waals surface area contributed by atoms with Crippen molar-refractivity contribution in [2.24, 2.45) is 0 Å². The number of benzene rings is 1. The minimum Gasteiger partial charge on any atom is -0.484 e. The molecule has 0 unspecified atom stereocenters. The van der Waals surface area contributed by atoms with E-state index in [2.05, 4.69) is 4.98 Å². The zero-order valence-electron chi connectivity index (χ0n) is 11.0. The van der Waals surface area contributed by atoms with E-state index in [4.69, 9.17) is 9.15 Å². The van der Waals surface area contributed by atoms with Gasteiger partial charge in [0.25, 0.3) is 0 Å². The second-order valence-corrected chi connectivity index (χ2v) is 6.30. The molecule has 0 aliphatic rings. The van der Waals surface area contributed by atoms with Crippen molar-refractivity contribution >= 4 is 9.84 Å². The van der Waals surface area contributed by atoms with Gasteiger partial charge in [0, 0.05) is 6.26 Å². The van der Waals surface area contributed by atoms with Crippen LogP contribution < -0.4 is 4.74 Å². The molecule has 0 aliphatic carbocycles. The molecule has 0 atom stereocenters. The molecule has 0 aliphatic heterocycles. The first-order valence-corrected chi connectivity index (χ1v) is 7.61. The first-order valence-electron chi connectivity index (χ1n) is 5.72. The van der Waals surface area contributed by atoms with Gasteiger partial charge in [-0.2, -0.15) is 0 Å². The van der Waals surface area contributed by atoms with E-state index in [0.29, 0.717) is 11.6 Å². The van der Waals surface area contributed by atoms with Crippen LogP contribution in [0.15, 0.2) is 33.6 Å². The Balaban J connectivity index is 2.04. The van der Waals surface area contributed by atoms with Crippen molar-refractivity contribution in [1.29, 1.82) is 0 Å². The number of ether oxygens (including phenoxy) is 1. The molecule has 5 nitrogen and oxygen atoms in total. The summed E-state index contributed by atoms with van der Waals surface area (Å²) < 4.78 is 33.5. The maximum atomic E-state index is 11.3. The standard InChI is InChI=1S/C13H15NO4S/c1-9-10(2)18-13(14-9)8-17-11-4-6-12(7-5-11)19(3,15)16/h4-7H,8H2,1-3H3. The highest BCUT2D eigenvalue weighted by molar-refractivity contribution is 7.90. The molecule has 0 radical (unpaired) electrons. The predicted molar refractivity (Wildman–Crippen MR) is 69.9 cm³/mol. The molecule has 19 heavy (non-hydrogen) atoms. The summed E-state index contributed by atoms with van der Waals surface area (Å²) >= 11 is 0. The van der Waals surface area contributed by atoms with E-state index in [1.807, 2.05) is 13.8 Å². The molecule has 0 bridgehead atoms. The fraction of sp³-hybridized carbons (Fsp3) is 0.308. The lowest BCUT2D eigenvalue weighted by Crippen LogP contribution is -1.98. The fourth-order valence-electron chi connectivity index (χ4n) is 1.53. The van der Waals surface area contributed by atoms with E-state index in [1.165, 1.54) is 18.4 Å². The molecule has 2 aromatic rings. The molecule has 6 heteroatoms. The van der Waals surface area contributed by atoms with Crippen molar-refractivity contribution in [3.05, 3.63) is 41.6 Å². The van der Waals surface area contributed by atoms with Crippen molar-refractivity contribution in [2.45, 2.75) is 25.3 Å². The molecule has 0 fully saturated rings. The maximum absolute atomic E-state index is 11.3. The lowest BCUT2D eigenvalue weighted by molar-refractivity contribution is 0.260. The third-order valence-corrected chi connectivity index (χ3v) is 3.82. The predicted octanol–water partition coefficient (Wildman–Crippen LogP) is 2.27. The average molecular weight is 281 g/mol. The topological polar surface area (TPSA) is 69.4 Å². The Morgan fingerprint density at radius 2 is 1.84 bits per heavy atom. The molecular weight excluding hydrogens is 266 g/mol. The molecule has 0 saturated carbocycles. The average Bonchev–Trinajstić information content (AvgIpc) is 2.66. The number of hydrogen-bond acceptors (Lipinski definition) is 5. The Kier molecular flexibility index (Phi) is 3.61. The van der Waals surface area contributed by atoms with Crippen LogP contribution in [-0.2, 0) is 16.4 Å². The number of nitrogens with zero attached hydrogens (tertiary/aromatic N) is 1. The third-order valence-electron chi connectivity index (χ3n) is 2.69. The second kappa shape index (κ2) is 5.05. The van der Waals surface area contributed by atoms with Gasteiger partial charge in [-0.1, -0.05) is 0 Å². The van der Waals surface area contributed by atoms with Crippen molar-refractivity contribution in [3.63, 3.8) is 0 Å². The molecule has 0 N–H and O–H groups in total. The van der Waals surface area contributed by atoms with Crippen LogP contribution in [0.3, 0.4) is 0 Å². The summed E-state index contributed by atoms with van der Waals surface area (Å²) in [5.41, 5.74) is 0.839. The van der Waals surface area contributed by atoms with Crippen molar-refractivity contribution < 1.29 is 17.6 Å². The van der Waals surface area contributed by atoms with Crippen LogP contribution in [0.25, 0.3) is 0 Å². The minimum atomic E-state index is -3.18. The SMILES string of the molecule is Cc1nc(COc2ccc(S(C)(=O)=O)cc2)oc1C. The summed E-state index contributed by atoms with van der Waals surface area (Å²) in [5.74, 6) is 1.84. The highest BCUT2D eigenvalue weighted by atomic mass is 32.2. The van der Waals surface area contributed by atoms with Crippen LogP contribution in [0.2, 0.25) is 0 Å². The van der Waals surface area contributed by atoms with Gasteiger partial charge in [0.15, 0.2) is 16.4 Å². The van der Waals surface area contributed by atoms with Crippen molar-refractivity contribution in [3.8, 4) is 5.75 Å². The van der Waals surface area contributed by atoms with Gasteiger partial charge in [0.2, 0.25) is 5.89 Å². The molecule has 0 amide bonds. The van der Waals surface area contributed by atoms with E-state index >= 15 is 0 Å². The summed E-state index contributed by atoms with van der Waals surface area (Å²) in [6.45, 7) is 3.92. The van der Waals surface area contributed by atoms with Crippen LogP contribution >= 0.6 is 0 Å². The molecule has 1 aromatic heterocycles. The summed E-state index contributed by atoms with van der Waals surface area (Å²) in [6, 6.07) is 6.24. The van der Waals surface area contributed by atoms with E-state index in [9.17, 15) is 8.42 Å². The number of oxazole rings is 1. The van der Waals surface area contributed by atoms with E-state index in [0.717, 1.165) is 11.5 Å². The Labute approximate surface area is 112 Å². The van der Waals surface area contributed by atoms with Crippen LogP contribution in [0.1, 0.15) is 17.3 Å². The van der Waals surface area contributed by atoms with Crippen LogP contribution in [-0.4, -0.2) is 19.7 Å². The molecule has 0 spiro atoms. The maximum Gasteiger partial charge on any atom is 0.232 e. The zero-order valence-corrected chi connectivity index (χ0v) is 11.8. The molecular formula is C13H15NO4S.